The van der Waals surface area contributed by atoms with Gasteiger partial charge in [0.25, 0.3) is 0 Å². The maximum Gasteiger partial charge on any atom is 0.167 e. The van der Waals surface area contributed by atoms with Crippen LogP contribution in [0, 0.1) is 6.92 Å². The standard InChI is InChI=1S/C40H26N4O/c1-25-21-32-31-23-35-30(29-19-11-12-20-34(29)44(35)28-17-9-4-10-18-28)24-36(31)45-37(32)33(22-25)40-42-38(26-13-5-2-6-14-26)41-39(43-40)27-15-7-3-8-16-27/h2-24H,1H3. The molecule has 0 saturated carbocycles. The fraction of sp³-hybridized carbons (Fsp3) is 0.0250. The topological polar surface area (TPSA) is 56.7 Å². The summed E-state index contributed by atoms with van der Waals surface area (Å²) in [6.07, 6.45) is 0. The number of furan rings is 1. The predicted molar refractivity (Wildman–Crippen MR) is 182 cm³/mol. The molecule has 0 fully saturated rings. The van der Waals surface area contributed by atoms with Gasteiger partial charge in [-0.25, -0.2) is 15.0 Å². The molecule has 0 aliphatic rings. The summed E-state index contributed by atoms with van der Waals surface area (Å²) < 4.78 is 9.08. The van der Waals surface area contributed by atoms with Gasteiger partial charge >= 0.3 is 0 Å². The highest BCUT2D eigenvalue weighted by molar-refractivity contribution is 6.18. The number of para-hydroxylation sites is 2. The monoisotopic (exact) mass is 578 g/mol. The van der Waals surface area contributed by atoms with Gasteiger partial charge in [0.15, 0.2) is 17.5 Å². The van der Waals surface area contributed by atoms with E-state index in [1.807, 2.05) is 60.7 Å². The van der Waals surface area contributed by atoms with Gasteiger partial charge < -0.3 is 8.98 Å². The first-order chi connectivity index (χ1) is 22.2. The summed E-state index contributed by atoms with van der Waals surface area (Å²) in [7, 11) is 0. The van der Waals surface area contributed by atoms with Crippen molar-refractivity contribution in [1.82, 2.24) is 19.5 Å². The second-order valence-electron chi connectivity index (χ2n) is 11.4. The Bertz CT molecular complexity index is 2470. The summed E-state index contributed by atoms with van der Waals surface area (Å²) >= 11 is 0. The van der Waals surface area contributed by atoms with Crippen molar-refractivity contribution in [2.75, 3.05) is 0 Å². The Labute approximate surface area is 259 Å². The van der Waals surface area contributed by atoms with E-state index in [1.165, 1.54) is 10.9 Å². The van der Waals surface area contributed by atoms with Crippen LogP contribution in [-0.2, 0) is 0 Å². The van der Waals surface area contributed by atoms with Crippen molar-refractivity contribution in [3.05, 3.63) is 145 Å². The van der Waals surface area contributed by atoms with Crippen LogP contribution >= 0.6 is 0 Å². The third kappa shape index (κ3) is 4.13. The minimum atomic E-state index is 0.583. The molecule has 5 nitrogen and oxygen atoms in total. The smallest absolute Gasteiger partial charge is 0.167 e. The third-order valence-electron chi connectivity index (χ3n) is 8.46. The van der Waals surface area contributed by atoms with Crippen molar-refractivity contribution in [3.63, 3.8) is 0 Å². The minimum absolute atomic E-state index is 0.583. The van der Waals surface area contributed by atoms with Crippen molar-refractivity contribution in [1.29, 1.82) is 0 Å². The number of fused-ring (bicyclic) bond motifs is 6. The maximum atomic E-state index is 6.75. The van der Waals surface area contributed by atoms with E-state index in [1.54, 1.807) is 0 Å². The SMILES string of the molecule is Cc1cc(-c2nc(-c3ccccc3)nc(-c3ccccc3)n2)c2oc3cc4c5ccccc5n(-c5ccccc5)c4cc3c2c1. The average molecular weight is 579 g/mol. The number of benzene rings is 6. The van der Waals surface area contributed by atoms with Gasteiger partial charge in [0.2, 0.25) is 0 Å². The van der Waals surface area contributed by atoms with E-state index >= 15 is 0 Å². The van der Waals surface area contributed by atoms with E-state index in [-0.39, 0.29) is 0 Å². The van der Waals surface area contributed by atoms with Crippen LogP contribution in [0.5, 0.6) is 0 Å². The van der Waals surface area contributed by atoms with Crippen molar-refractivity contribution in [2.24, 2.45) is 0 Å². The Morgan fingerprint density at radius 3 is 1.78 bits per heavy atom. The lowest BCUT2D eigenvalue weighted by Crippen LogP contribution is -2.00. The zero-order chi connectivity index (χ0) is 29.9. The number of hydrogen-bond donors (Lipinski definition) is 0. The number of aromatic nitrogens is 4. The van der Waals surface area contributed by atoms with Gasteiger partial charge in [0.05, 0.1) is 16.6 Å². The van der Waals surface area contributed by atoms with Crippen LogP contribution in [0.2, 0.25) is 0 Å². The van der Waals surface area contributed by atoms with Crippen LogP contribution in [0.3, 0.4) is 0 Å². The van der Waals surface area contributed by atoms with E-state index in [0.29, 0.717) is 17.5 Å². The van der Waals surface area contributed by atoms with Crippen LogP contribution in [-0.4, -0.2) is 19.5 Å². The molecule has 6 aromatic carbocycles. The van der Waals surface area contributed by atoms with E-state index in [9.17, 15) is 0 Å². The quantitative estimate of drug-likeness (QED) is 0.208. The van der Waals surface area contributed by atoms with Crippen LogP contribution in [0.4, 0.5) is 0 Å². The maximum absolute atomic E-state index is 6.75. The lowest BCUT2D eigenvalue weighted by Gasteiger charge is -2.09. The normalized spacial score (nSPS) is 11.7. The summed E-state index contributed by atoms with van der Waals surface area (Å²) in [4.78, 5) is 14.9. The molecule has 3 heterocycles. The Kier molecular flexibility index (Phi) is 5.65. The van der Waals surface area contributed by atoms with Crippen LogP contribution < -0.4 is 0 Å². The second kappa shape index (κ2) is 10.00. The van der Waals surface area contributed by atoms with E-state index in [4.69, 9.17) is 19.4 Å². The molecule has 9 aromatic rings. The molecular formula is C40H26N4O. The van der Waals surface area contributed by atoms with E-state index < -0.39 is 0 Å². The minimum Gasteiger partial charge on any atom is -0.455 e. The lowest BCUT2D eigenvalue weighted by atomic mass is 10.0. The van der Waals surface area contributed by atoms with Crippen molar-refractivity contribution in [2.45, 2.75) is 6.92 Å². The van der Waals surface area contributed by atoms with E-state index in [2.05, 4.69) is 90.4 Å². The highest BCUT2D eigenvalue weighted by atomic mass is 16.3. The summed E-state index contributed by atoms with van der Waals surface area (Å²) in [5.74, 6) is 1.83. The summed E-state index contributed by atoms with van der Waals surface area (Å²) in [5, 5.41) is 4.43. The molecule has 0 atom stereocenters. The zero-order valence-electron chi connectivity index (χ0n) is 24.5. The molecule has 0 aliphatic carbocycles. The fourth-order valence-electron chi connectivity index (χ4n) is 6.43. The molecule has 3 aromatic heterocycles. The Morgan fingerprint density at radius 2 is 1.09 bits per heavy atom. The first-order valence-electron chi connectivity index (χ1n) is 15.0. The Morgan fingerprint density at radius 1 is 0.489 bits per heavy atom. The van der Waals surface area contributed by atoms with Crippen LogP contribution in [0.25, 0.3) is 83.6 Å². The average Bonchev–Trinajstić information content (AvgIpc) is 3.62. The first kappa shape index (κ1) is 25.4. The predicted octanol–water partition coefficient (Wildman–Crippen LogP) is 10.2. The van der Waals surface area contributed by atoms with Crippen LogP contribution in [0.1, 0.15) is 5.56 Å². The van der Waals surface area contributed by atoms with Crippen molar-refractivity contribution >= 4 is 43.7 Å². The Hall–Kier alpha value is -6.07. The van der Waals surface area contributed by atoms with Gasteiger partial charge in [-0.1, -0.05) is 97.1 Å². The molecule has 0 N–H and O–H groups in total. The van der Waals surface area contributed by atoms with Gasteiger partial charge in [-0.3, -0.25) is 0 Å². The molecule has 5 heteroatoms. The number of aryl methyl sites for hydroxylation is 1. The van der Waals surface area contributed by atoms with Gasteiger partial charge in [0.1, 0.15) is 11.2 Å². The molecule has 0 radical (unpaired) electrons. The molecule has 0 aliphatic heterocycles. The third-order valence-corrected chi connectivity index (χ3v) is 8.46. The molecule has 45 heavy (non-hydrogen) atoms. The molecule has 0 spiro atoms. The van der Waals surface area contributed by atoms with E-state index in [0.717, 1.165) is 60.8 Å². The molecule has 0 bridgehead atoms. The molecule has 0 amide bonds. The second-order valence-corrected chi connectivity index (χ2v) is 11.4. The lowest BCUT2D eigenvalue weighted by molar-refractivity contribution is 0.670. The summed E-state index contributed by atoms with van der Waals surface area (Å²) in [6, 6.07) is 47.9. The van der Waals surface area contributed by atoms with Gasteiger partial charge in [-0.2, -0.15) is 0 Å². The number of hydrogen-bond acceptors (Lipinski definition) is 4. The molecular weight excluding hydrogens is 552 g/mol. The van der Waals surface area contributed by atoms with Crippen molar-refractivity contribution in [3.8, 4) is 39.9 Å². The molecule has 0 unspecified atom stereocenters. The molecule has 9 rings (SSSR count). The first-order valence-corrected chi connectivity index (χ1v) is 15.0. The van der Waals surface area contributed by atoms with Crippen LogP contribution in [0.15, 0.2) is 144 Å². The zero-order valence-corrected chi connectivity index (χ0v) is 24.5. The number of rotatable bonds is 4. The van der Waals surface area contributed by atoms with Gasteiger partial charge in [0, 0.05) is 38.4 Å². The van der Waals surface area contributed by atoms with Crippen molar-refractivity contribution < 1.29 is 4.42 Å². The highest BCUT2D eigenvalue weighted by Crippen LogP contribution is 2.41. The summed E-state index contributed by atoms with van der Waals surface area (Å²) in [5.41, 5.74) is 8.85. The van der Waals surface area contributed by atoms with Gasteiger partial charge in [-0.15, -0.1) is 0 Å². The molecule has 0 saturated heterocycles. The number of nitrogens with zero attached hydrogens (tertiary/aromatic N) is 4. The largest absolute Gasteiger partial charge is 0.455 e. The fourth-order valence-corrected chi connectivity index (χ4v) is 6.43. The summed E-state index contributed by atoms with van der Waals surface area (Å²) in [6.45, 7) is 2.11. The molecule has 212 valence electrons. The Balaban J connectivity index is 1.33. The van der Waals surface area contributed by atoms with Gasteiger partial charge in [-0.05, 0) is 55.0 Å². The highest BCUT2D eigenvalue weighted by Gasteiger charge is 2.21.